The van der Waals surface area contributed by atoms with Gasteiger partial charge in [-0.2, -0.15) is 5.10 Å². The number of amides is 1. The molecule has 0 spiro atoms. The van der Waals surface area contributed by atoms with Gasteiger partial charge in [0.05, 0.1) is 11.1 Å². The zero-order valence-electron chi connectivity index (χ0n) is 12.4. The summed E-state index contributed by atoms with van der Waals surface area (Å²) >= 11 is 0. The fraction of sp³-hybridized carbons (Fsp3) is 0.500. The van der Waals surface area contributed by atoms with Crippen molar-refractivity contribution >= 4 is 16.9 Å². The van der Waals surface area contributed by atoms with Crippen molar-refractivity contribution in [2.45, 2.75) is 46.7 Å². The fourth-order valence-electron chi connectivity index (χ4n) is 2.30. The predicted octanol–water partition coefficient (Wildman–Crippen LogP) is 2.51. The van der Waals surface area contributed by atoms with Gasteiger partial charge in [-0.3, -0.25) is 4.79 Å². The Morgan fingerprint density at radius 3 is 2.62 bits per heavy atom. The van der Waals surface area contributed by atoms with E-state index >= 15 is 0 Å². The van der Waals surface area contributed by atoms with E-state index in [9.17, 15) is 13.6 Å². The van der Waals surface area contributed by atoms with Gasteiger partial charge in [0.25, 0.3) is 6.43 Å². The summed E-state index contributed by atoms with van der Waals surface area (Å²) in [5, 5.41) is 7.25. The van der Waals surface area contributed by atoms with Crippen molar-refractivity contribution in [1.82, 2.24) is 20.1 Å². The van der Waals surface area contributed by atoms with Gasteiger partial charge in [0.2, 0.25) is 5.91 Å². The van der Waals surface area contributed by atoms with Crippen LogP contribution in [0, 0.1) is 13.8 Å². The lowest BCUT2D eigenvalue weighted by Gasteiger charge is -2.09. The number of rotatable bonds is 4. The van der Waals surface area contributed by atoms with Crippen molar-refractivity contribution in [1.29, 1.82) is 0 Å². The quantitative estimate of drug-likeness (QED) is 0.943. The summed E-state index contributed by atoms with van der Waals surface area (Å²) < 4.78 is 27.7. The maximum absolute atomic E-state index is 13.2. The van der Waals surface area contributed by atoms with E-state index in [1.807, 2.05) is 13.8 Å². The number of hydrogen-bond donors (Lipinski definition) is 1. The smallest absolute Gasteiger partial charge is 0.264 e. The topological polar surface area (TPSA) is 59.8 Å². The molecule has 0 atom stereocenters. The molecule has 2 aromatic heterocycles. The van der Waals surface area contributed by atoms with E-state index in [0.717, 1.165) is 0 Å². The maximum atomic E-state index is 13.2. The summed E-state index contributed by atoms with van der Waals surface area (Å²) in [5.74, 6) is -0.226. The highest BCUT2D eigenvalue weighted by atomic mass is 19.3. The Balaban J connectivity index is 2.49. The summed E-state index contributed by atoms with van der Waals surface area (Å²) in [4.78, 5) is 16.1. The highest BCUT2D eigenvalue weighted by Crippen LogP contribution is 2.29. The number of alkyl halides is 2. The van der Waals surface area contributed by atoms with Crippen LogP contribution in [0.5, 0.6) is 0 Å². The summed E-state index contributed by atoms with van der Waals surface area (Å²) in [5.41, 5.74) is 1.15. The van der Waals surface area contributed by atoms with Crippen molar-refractivity contribution in [3.05, 3.63) is 23.0 Å². The number of fused-ring (bicyclic) bond motifs is 1. The third-order valence-corrected chi connectivity index (χ3v) is 3.01. The first-order valence-corrected chi connectivity index (χ1v) is 6.71. The highest BCUT2D eigenvalue weighted by Gasteiger charge is 2.20. The molecular formula is C14H18F2N4O. The largest absolute Gasteiger partial charge is 0.352 e. The van der Waals surface area contributed by atoms with Gasteiger partial charge < -0.3 is 5.32 Å². The minimum absolute atomic E-state index is 0.00624. The SMILES string of the molecule is Cc1cc(C(F)F)c2c(C)nn(CC(=O)NC(C)C)c2n1. The van der Waals surface area contributed by atoms with Crippen LogP contribution in [0.25, 0.3) is 11.0 Å². The van der Waals surface area contributed by atoms with E-state index in [1.165, 1.54) is 10.7 Å². The Kier molecular flexibility index (Phi) is 4.20. The highest BCUT2D eigenvalue weighted by molar-refractivity contribution is 5.84. The van der Waals surface area contributed by atoms with Gasteiger partial charge in [-0.05, 0) is 33.8 Å². The summed E-state index contributed by atoms with van der Waals surface area (Å²) in [6.07, 6.45) is -2.60. The van der Waals surface area contributed by atoms with Crippen LogP contribution in [0.2, 0.25) is 0 Å². The zero-order valence-corrected chi connectivity index (χ0v) is 12.4. The van der Waals surface area contributed by atoms with E-state index in [-0.39, 0.29) is 24.1 Å². The Bertz CT molecular complexity index is 679. The van der Waals surface area contributed by atoms with E-state index < -0.39 is 6.43 Å². The molecule has 0 aliphatic heterocycles. The second-order valence-electron chi connectivity index (χ2n) is 5.32. The maximum Gasteiger partial charge on any atom is 0.264 e. The first-order chi connectivity index (χ1) is 9.79. The van der Waals surface area contributed by atoms with E-state index in [1.54, 1.807) is 13.8 Å². The molecule has 0 saturated carbocycles. The van der Waals surface area contributed by atoms with Crippen molar-refractivity contribution < 1.29 is 13.6 Å². The average molecular weight is 296 g/mol. The van der Waals surface area contributed by atoms with Crippen LogP contribution < -0.4 is 5.32 Å². The molecule has 5 nitrogen and oxygen atoms in total. The van der Waals surface area contributed by atoms with Crippen molar-refractivity contribution in [3.8, 4) is 0 Å². The molecule has 1 amide bonds. The van der Waals surface area contributed by atoms with Crippen LogP contribution in [0.4, 0.5) is 8.78 Å². The van der Waals surface area contributed by atoms with Gasteiger partial charge in [-0.1, -0.05) is 0 Å². The van der Waals surface area contributed by atoms with Gasteiger partial charge in [0.1, 0.15) is 6.54 Å². The van der Waals surface area contributed by atoms with Gasteiger partial charge >= 0.3 is 0 Å². The molecule has 114 valence electrons. The average Bonchev–Trinajstić information content (AvgIpc) is 2.63. The van der Waals surface area contributed by atoms with Gasteiger partial charge in [0, 0.05) is 17.3 Å². The van der Waals surface area contributed by atoms with Gasteiger partial charge in [0.15, 0.2) is 5.65 Å². The second-order valence-corrected chi connectivity index (χ2v) is 5.32. The van der Waals surface area contributed by atoms with E-state index in [2.05, 4.69) is 15.4 Å². The molecule has 0 saturated heterocycles. The molecule has 2 rings (SSSR count). The van der Waals surface area contributed by atoms with Crippen LogP contribution in [-0.2, 0) is 11.3 Å². The predicted molar refractivity (Wildman–Crippen MR) is 75.2 cm³/mol. The normalized spacial score (nSPS) is 11.6. The number of aromatic nitrogens is 3. The Morgan fingerprint density at radius 1 is 1.38 bits per heavy atom. The molecule has 0 radical (unpaired) electrons. The van der Waals surface area contributed by atoms with Crippen LogP contribution in [-0.4, -0.2) is 26.7 Å². The number of nitrogens with one attached hydrogen (secondary N) is 1. The van der Waals surface area contributed by atoms with Crippen LogP contribution in [0.15, 0.2) is 6.07 Å². The molecule has 2 heterocycles. The van der Waals surface area contributed by atoms with Crippen LogP contribution in [0.1, 0.15) is 37.2 Å². The Morgan fingerprint density at radius 2 is 2.05 bits per heavy atom. The van der Waals surface area contributed by atoms with E-state index in [0.29, 0.717) is 22.4 Å². The molecular weight excluding hydrogens is 278 g/mol. The lowest BCUT2D eigenvalue weighted by atomic mass is 10.1. The zero-order chi connectivity index (χ0) is 15.7. The first-order valence-electron chi connectivity index (χ1n) is 6.71. The standard InChI is InChI=1S/C14H18F2N4O/c1-7(2)17-11(21)6-20-14-12(9(4)19-20)10(13(15)16)5-8(3)18-14/h5,7,13H,6H2,1-4H3,(H,17,21). The molecule has 7 heteroatoms. The molecule has 21 heavy (non-hydrogen) atoms. The van der Waals surface area contributed by atoms with Crippen molar-refractivity contribution in [2.75, 3.05) is 0 Å². The molecule has 0 aromatic carbocycles. The lowest BCUT2D eigenvalue weighted by molar-refractivity contribution is -0.122. The third kappa shape index (κ3) is 3.17. The monoisotopic (exact) mass is 296 g/mol. The molecule has 1 N–H and O–H groups in total. The van der Waals surface area contributed by atoms with Crippen molar-refractivity contribution in [3.63, 3.8) is 0 Å². The lowest BCUT2D eigenvalue weighted by Crippen LogP contribution is -2.33. The van der Waals surface area contributed by atoms with Crippen molar-refractivity contribution in [2.24, 2.45) is 0 Å². The number of carbonyl (C=O) groups is 1. The number of halogens is 2. The van der Waals surface area contributed by atoms with E-state index in [4.69, 9.17) is 0 Å². The fourth-order valence-corrected chi connectivity index (χ4v) is 2.30. The molecule has 0 bridgehead atoms. The van der Waals surface area contributed by atoms with Gasteiger partial charge in [-0.25, -0.2) is 18.4 Å². The second kappa shape index (κ2) is 5.75. The minimum Gasteiger partial charge on any atom is -0.352 e. The number of carbonyl (C=O) groups excluding carboxylic acids is 1. The molecule has 0 aliphatic rings. The number of nitrogens with zero attached hydrogens (tertiary/aromatic N) is 3. The molecule has 0 unspecified atom stereocenters. The number of aryl methyl sites for hydroxylation is 2. The van der Waals surface area contributed by atoms with Gasteiger partial charge in [-0.15, -0.1) is 0 Å². The summed E-state index contributed by atoms with van der Waals surface area (Å²) in [6.45, 7) is 6.94. The third-order valence-electron chi connectivity index (χ3n) is 3.01. The number of hydrogen-bond acceptors (Lipinski definition) is 3. The van der Waals surface area contributed by atoms with Crippen LogP contribution in [0.3, 0.4) is 0 Å². The van der Waals surface area contributed by atoms with Crippen LogP contribution >= 0.6 is 0 Å². The summed E-state index contributed by atoms with van der Waals surface area (Å²) in [7, 11) is 0. The number of pyridine rings is 1. The Hall–Kier alpha value is -2.05. The molecule has 0 aliphatic carbocycles. The Labute approximate surface area is 121 Å². The molecule has 2 aromatic rings. The minimum atomic E-state index is -2.60. The molecule has 0 fully saturated rings. The summed E-state index contributed by atoms with van der Waals surface area (Å²) in [6, 6.07) is 1.37. The first kappa shape index (κ1) is 15.3.